The Balaban J connectivity index is 2.23. The van der Waals surface area contributed by atoms with Crippen LogP contribution in [0, 0.1) is 13.7 Å². The Morgan fingerprint density at radius 2 is 2.19 bits per heavy atom. The van der Waals surface area contributed by atoms with Gasteiger partial charge in [0.1, 0.15) is 0 Å². The summed E-state index contributed by atoms with van der Waals surface area (Å²) in [4.78, 5) is 27.0. The van der Waals surface area contributed by atoms with Gasteiger partial charge in [0.05, 0.1) is 10.5 Å². The molecule has 1 amide bonds. The predicted molar refractivity (Wildman–Crippen MR) is 88.4 cm³/mol. The third-order valence-electron chi connectivity index (χ3n) is 3.81. The normalized spacial score (nSPS) is 18.9. The van der Waals surface area contributed by atoms with Gasteiger partial charge in [0.25, 0.3) is 11.6 Å². The van der Waals surface area contributed by atoms with Gasteiger partial charge >= 0.3 is 0 Å². The van der Waals surface area contributed by atoms with E-state index in [4.69, 9.17) is 0 Å². The van der Waals surface area contributed by atoms with Crippen molar-refractivity contribution in [1.82, 2.24) is 9.80 Å². The van der Waals surface area contributed by atoms with Crippen molar-refractivity contribution in [1.29, 1.82) is 0 Å². The molecule has 1 fully saturated rings. The summed E-state index contributed by atoms with van der Waals surface area (Å²) in [7, 11) is 4.02. The van der Waals surface area contributed by atoms with Crippen molar-refractivity contribution in [3.8, 4) is 0 Å². The van der Waals surface area contributed by atoms with E-state index in [-0.39, 0.29) is 11.6 Å². The van der Waals surface area contributed by atoms with E-state index in [0.29, 0.717) is 24.7 Å². The molecule has 0 saturated carbocycles. The van der Waals surface area contributed by atoms with Gasteiger partial charge in [-0.05, 0) is 55.6 Å². The third kappa shape index (κ3) is 3.70. The van der Waals surface area contributed by atoms with Gasteiger partial charge in [-0.25, -0.2) is 0 Å². The number of nitro groups is 1. The number of halogens is 1. The molecule has 0 aromatic heterocycles. The number of nitro benzene ring substituents is 1. The summed E-state index contributed by atoms with van der Waals surface area (Å²) in [6, 6.07) is 4.78. The van der Waals surface area contributed by atoms with Crippen molar-refractivity contribution in [3.05, 3.63) is 37.4 Å². The maximum Gasteiger partial charge on any atom is 0.270 e. The number of rotatable bonds is 3. The zero-order valence-electron chi connectivity index (χ0n) is 12.1. The molecule has 1 heterocycles. The number of nitrogens with zero attached hydrogens (tertiary/aromatic N) is 3. The van der Waals surface area contributed by atoms with Gasteiger partial charge in [-0.3, -0.25) is 14.9 Å². The lowest BCUT2D eigenvalue weighted by atomic mass is 10.0. The number of likely N-dealkylation sites (N-methyl/N-ethyl adjacent to an activating group) is 1. The zero-order chi connectivity index (χ0) is 15.6. The minimum absolute atomic E-state index is 0.0417. The molecular weight excluding hydrogens is 385 g/mol. The highest BCUT2D eigenvalue weighted by Crippen LogP contribution is 2.23. The van der Waals surface area contributed by atoms with E-state index in [2.05, 4.69) is 4.90 Å². The van der Waals surface area contributed by atoms with Crippen LogP contribution in [0.1, 0.15) is 23.2 Å². The first-order chi connectivity index (χ1) is 9.90. The molecule has 6 nitrogen and oxygen atoms in total. The van der Waals surface area contributed by atoms with E-state index in [1.54, 1.807) is 11.0 Å². The summed E-state index contributed by atoms with van der Waals surface area (Å²) >= 11 is 2.05. The Morgan fingerprint density at radius 3 is 2.81 bits per heavy atom. The van der Waals surface area contributed by atoms with E-state index in [1.165, 1.54) is 12.1 Å². The lowest BCUT2D eigenvalue weighted by Gasteiger charge is -2.36. The van der Waals surface area contributed by atoms with Crippen molar-refractivity contribution >= 4 is 34.2 Å². The maximum atomic E-state index is 12.6. The molecule has 1 atom stereocenters. The van der Waals surface area contributed by atoms with Gasteiger partial charge in [0, 0.05) is 34.8 Å². The largest absolute Gasteiger partial charge is 0.337 e. The fourth-order valence-electron chi connectivity index (χ4n) is 2.52. The highest BCUT2D eigenvalue weighted by Gasteiger charge is 2.27. The summed E-state index contributed by atoms with van der Waals surface area (Å²) in [5.41, 5.74) is 0.379. The molecule has 1 unspecified atom stereocenters. The Labute approximate surface area is 137 Å². The summed E-state index contributed by atoms with van der Waals surface area (Å²) in [5, 5.41) is 10.9. The number of likely N-dealkylation sites (tertiary alicyclic amines) is 1. The second kappa shape index (κ2) is 6.69. The predicted octanol–water partition coefficient (Wildman–Crippen LogP) is 2.37. The summed E-state index contributed by atoms with van der Waals surface area (Å²) in [6.45, 7) is 1.38. The Bertz CT molecular complexity index is 562. The molecule has 1 aromatic carbocycles. The average molecular weight is 403 g/mol. The minimum atomic E-state index is -0.467. The Morgan fingerprint density at radius 1 is 1.48 bits per heavy atom. The van der Waals surface area contributed by atoms with Crippen LogP contribution in [-0.2, 0) is 0 Å². The summed E-state index contributed by atoms with van der Waals surface area (Å²) < 4.78 is 0.746. The lowest BCUT2D eigenvalue weighted by Crippen LogP contribution is -2.47. The molecule has 0 bridgehead atoms. The number of carbonyl (C=O) groups excluding carboxylic acids is 1. The quantitative estimate of drug-likeness (QED) is 0.442. The van der Waals surface area contributed by atoms with Crippen LogP contribution in [0.25, 0.3) is 0 Å². The Hall–Kier alpha value is -1.22. The maximum absolute atomic E-state index is 12.6. The van der Waals surface area contributed by atoms with E-state index in [0.717, 1.165) is 16.4 Å². The van der Waals surface area contributed by atoms with E-state index >= 15 is 0 Å². The standard InChI is InChI=1S/C14H18IN3O3/c1-16(2)11-4-3-7-17(9-11)14(19)12-8-10(18(20)21)5-6-13(12)15/h5-6,8,11H,3-4,7,9H2,1-2H3. The number of hydrogen-bond acceptors (Lipinski definition) is 4. The first kappa shape index (κ1) is 16.2. The van der Waals surface area contributed by atoms with Crippen molar-refractivity contribution in [2.75, 3.05) is 27.2 Å². The van der Waals surface area contributed by atoms with Crippen molar-refractivity contribution in [2.24, 2.45) is 0 Å². The van der Waals surface area contributed by atoms with Crippen LogP contribution in [0.2, 0.25) is 0 Å². The number of non-ortho nitro benzene ring substituents is 1. The van der Waals surface area contributed by atoms with Gasteiger partial charge in [0.15, 0.2) is 0 Å². The first-order valence-electron chi connectivity index (χ1n) is 6.80. The molecule has 21 heavy (non-hydrogen) atoms. The van der Waals surface area contributed by atoms with Crippen LogP contribution < -0.4 is 0 Å². The topological polar surface area (TPSA) is 66.7 Å². The second-order valence-electron chi connectivity index (χ2n) is 5.43. The van der Waals surface area contributed by atoms with Crippen molar-refractivity contribution in [2.45, 2.75) is 18.9 Å². The number of carbonyl (C=O) groups is 1. The number of hydrogen-bond donors (Lipinski definition) is 0. The number of piperidine rings is 1. The van der Waals surface area contributed by atoms with Crippen LogP contribution in [-0.4, -0.2) is 53.9 Å². The van der Waals surface area contributed by atoms with E-state index < -0.39 is 4.92 Å². The molecule has 0 spiro atoms. The van der Waals surface area contributed by atoms with Gasteiger partial charge in [-0.1, -0.05) is 0 Å². The van der Waals surface area contributed by atoms with Gasteiger partial charge in [0.2, 0.25) is 0 Å². The highest BCUT2D eigenvalue weighted by atomic mass is 127. The number of amides is 1. The van der Waals surface area contributed by atoms with Crippen LogP contribution >= 0.6 is 22.6 Å². The third-order valence-corrected chi connectivity index (χ3v) is 4.75. The molecule has 0 radical (unpaired) electrons. The Kier molecular flexibility index (Phi) is 5.15. The van der Waals surface area contributed by atoms with Crippen molar-refractivity contribution < 1.29 is 9.72 Å². The minimum Gasteiger partial charge on any atom is -0.337 e. The van der Waals surface area contributed by atoms with E-state index in [1.807, 2.05) is 36.7 Å². The summed E-state index contributed by atoms with van der Waals surface area (Å²) in [6.07, 6.45) is 2.03. The molecule has 2 rings (SSSR count). The zero-order valence-corrected chi connectivity index (χ0v) is 14.2. The van der Waals surface area contributed by atoms with Crippen molar-refractivity contribution in [3.63, 3.8) is 0 Å². The second-order valence-corrected chi connectivity index (χ2v) is 6.59. The fourth-order valence-corrected chi connectivity index (χ4v) is 3.09. The molecule has 1 aliphatic rings. The molecule has 7 heteroatoms. The van der Waals surface area contributed by atoms with Crippen LogP contribution in [0.15, 0.2) is 18.2 Å². The van der Waals surface area contributed by atoms with Crippen LogP contribution in [0.4, 0.5) is 5.69 Å². The molecule has 1 saturated heterocycles. The monoisotopic (exact) mass is 403 g/mol. The van der Waals surface area contributed by atoms with Gasteiger partial charge in [-0.2, -0.15) is 0 Å². The number of benzene rings is 1. The van der Waals surface area contributed by atoms with E-state index in [9.17, 15) is 14.9 Å². The highest BCUT2D eigenvalue weighted by molar-refractivity contribution is 14.1. The average Bonchev–Trinajstić information content (AvgIpc) is 2.47. The lowest BCUT2D eigenvalue weighted by molar-refractivity contribution is -0.384. The SMILES string of the molecule is CN(C)C1CCCN(C(=O)c2cc([N+](=O)[O-])ccc2I)C1. The van der Waals surface area contributed by atoms with Gasteiger partial charge in [-0.15, -0.1) is 0 Å². The van der Waals surface area contributed by atoms with Gasteiger partial charge < -0.3 is 9.80 Å². The molecular formula is C14H18IN3O3. The first-order valence-corrected chi connectivity index (χ1v) is 7.87. The summed E-state index contributed by atoms with van der Waals surface area (Å²) in [5.74, 6) is -0.116. The van der Waals surface area contributed by atoms with Crippen LogP contribution in [0.3, 0.4) is 0 Å². The molecule has 1 aromatic rings. The molecule has 0 aliphatic carbocycles. The smallest absolute Gasteiger partial charge is 0.270 e. The molecule has 114 valence electrons. The fraction of sp³-hybridized carbons (Fsp3) is 0.500. The molecule has 0 N–H and O–H groups in total. The van der Waals surface area contributed by atoms with Crippen LogP contribution in [0.5, 0.6) is 0 Å². The molecule has 1 aliphatic heterocycles.